The first-order valence-electron chi connectivity index (χ1n) is 7.01. The van der Waals surface area contributed by atoms with Crippen LogP contribution >= 0.6 is 22.6 Å². The third-order valence-electron chi connectivity index (χ3n) is 3.40. The zero-order chi connectivity index (χ0) is 15.5. The summed E-state index contributed by atoms with van der Waals surface area (Å²) >= 11 is 2.28. The minimum absolute atomic E-state index is 0.303. The van der Waals surface area contributed by atoms with Gasteiger partial charge in [-0.3, -0.25) is 4.98 Å². The lowest BCUT2D eigenvalue weighted by atomic mass is 10.00. The van der Waals surface area contributed by atoms with Crippen molar-refractivity contribution in [3.63, 3.8) is 0 Å². The van der Waals surface area contributed by atoms with Crippen LogP contribution in [0.25, 0.3) is 22.0 Å². The fraction of sp³-hybridized carbons (Fsp3) is 0.111. The summed E-state index contributed by atoms with van der Waals surface area (Å²) in [5, 5.41) is 0.962. The number of benzene rings is 2. The van der Waals surface area contributed by atoms with Crippen LogP contribution in [0.4, 0.5) is 0 Å². The second kappa shape index (κ2) is 6.44. The van der Waals surface area contributed by atoms with Crippen LogP contribution in [0.1, 0.15) is 17.3 Å². The minimum atomic E-state index is -0.303. The third kappa shape index (κ3) is 2.83. The van der Waals surface area contributed by atoms with Crippen LogP contribution in [0, 0.1) is 3.57 Å². The predicted octanol–water partition coefficient (Wildman–Crippen LogP) is 4.68. The van der Waals surface area contributed by atoms with Crippen LogP contribution in [0.15, 0.2) is 54.7 Å². The van der Waals surface area contributed by atoms with Gasteiger partial charge in [0, 0.05) is 20.7 Å². The van der Waals surface area contributed by atoms with E-state index in [9.17, 15) is 4.79 Å². The highest BCUT2D eigenvalue weighted by atomic mass is 127. The Labute approximate surface area is 142 Å². The van der Waals surface area contributed by atoms with Gasteiger partial charge in [0.05, 0.1) is 17.7 Å². The number of pyridine rings is 1. The SMILES string of the molecule is CCOC(=O)c1ccc2ncc(I)c(-c3ccccc3)c2c1. The van der Waals surface area contributed by atoms with Gasteiger partial charge in [0.25, 0.3) is 0 Å². The molecule has 0 saturated carbocycles. The molecule has 0 saturated heterocycles. The maximum atomic E-state index is 12.0. The van der Waals surface area contributed by atoms with Gasteiger partial charge < -0.3 is 4.74 Å². The molecule has 110 valence electrons. The number of halogens is 1. The van der Waals surface area contributed by atoms with E-state index in [1.54, 1.807) is 13.0 Å². The Hall–Kier alpha value is -1.95. The van der Waals surface area contributed by atoms with E-state index in [2.05, 4.69) is 39.7 Å². The molecule has 22 heavy (non-hydrogen) atoms. The number of hydrogen-bond acceptors (Lipinski definition) is 3. The van der Waals surface area contributed by atoms with Gasteiger partial charge in [-0.05, 0) is 53.3 Å². The molecule has 3 nitrogen and oxygen atoms in total. The topological polar surface area (TPSA) is 39.2 Å². The summed E-state index contributed by atoms with van der Waals surface area (Å²) in [5.74, 6) is -0.303. The number of rotatable bonds is 3. The molecule has 0 atom stereocenters. The average Bonchev–Trinajstić information content (AvgIpc) is 2.55. The molecule has 0 amide bonds. The van der Waals surface area contributed by atoms with Gasteiger partial charge in [-0.1, -0.05) is 30.3 Å². The Kier molecular flexibility index (Phi) is 4.38. The highest BCUT2D eigenvalue weighted by molar-refractivity contribution is 14.1. The molecule has 3 rings (SSSR count). The van der Waals surface area contributed by atoms with E-state index in [0.29, 0.717) is 12.2 Å². The molecular weight excluding hydrogens is 389 g/mol. The van der Waals surface area contributed by atoms with Crippen molar-refractivity contribution in [2.75, 3.05) is 6.61 Å². The number of fused-ring (bicyclic) bond motifs is 1. The van der Waals surface area contributed by atoms with Crippen molar-refractivity contribution >= 4 is 39.5 Å². The maximum Gasteiger partial charge on any atom is 0.338 e. The fourth-order valence-corrected chi connectivity index (χ4v) is 3.15. The average molecular weight is 403 g/mol. The Morgan fingerprint density at radius 3 is 2.68 bits per heavy atom. The summed E-state index contributed by atoms with van der Waals surface area (Å²) in [5.41, 5.74) is 3.63. The largest absolute Gasteiger partial charge is 0.462 e. The molecule has 3 aromatic rings. The van der Waals surface area contributed by atoms with Crippen molar-refractivity contribution in [1.29, 1.82) is 0 Å². The molecule has 0 fully saturated rings. The van der Waals surface area contributed by atoms with Crippen molar-refractivity contribution in [2.24, 2.45) is 0 Å². The molecule has 2 aromatic carbocycles. The van der Waals surface area contributed by atoms with E-state index >= 15 is 0 Å². The summed E-state index contributed by atoms with van der Waals surface area (Å²) in [4.78, 5) is 16.4. The number of nitrogens with zero attached hydrogens (tertiary/aromatic N) is 1. The van der Waals surface area contributed by atoms with Crippen LogP contribution < -0.4 is 0 Å². The Morgan fingerprint density at radius 1 is 1.18 bits per heavy atom. The first kappa shape index (κ1) is 15.0. The number of hydrogen-bond donors (Lipinski definition) is 0. The molecule has 1 heterocycles. The third-order valence-corrected chi connectivity index (χ3v) is 4.21. The number of esters is 1. The van der Waals surface area contributed by atoms with Gasteiger partial charge >= 0.3 is 5.97 Å². The number of ether oxygens (including phenoxy) is 1. The minimum Gasteiger partial charge on any atom is -0.462 e. The maximum absolute atomic E-state index is 12.0. The van der Waals surface area contributed by atoms with Crippen LogP contribution in [-0.2, 0) is 4.74 Å². The van der Waals surface area contributed by atoms with Crippen LogP contribution in [0.2, 0.25) is 0 Å². The summed E-state index contributed by atoms with van der Waals surface area (Å²) in [6.45, 7) is 2.17. The molecule has 0 aliphatic carbocycles. The van der Waals surface area contributed by atoms with E-state index in [0.717, 1.165) is 25.6 Å². The summed E-state index contributed by atoms with van der Waals surface area (Å²) in [6.07, 6.45) is 1.86. The summed E-state index contributed by atoms with van der Waals surface area (Å²) < 4.78 is 6.14. The van der Waals surface area contributed by atoms with Gasteiger partial charge in [-0.15, -0.1) is 0 Å². The quantitative estimate of drug-likeness (QED) is 0.471. The van der Waals surface area contributed by atoms with Crippen molar-refractivity contribution in [2.45, 2.75) is 6.92 Å². The second-order valence-electron chi connectivity index (χ2n) is 4.80. The lowest BCUT2D eigenvalue weighted by molar-refractivity contribution is 0.0526. The molecule has 0 spiro atoms. The van der Waals surface area contributed by atoms with E-state index in [-0.39, 0.29) is 5.97 Å². The van der Waals surface area contributed by atoms with Gasteiger partial charge in [0.2, 0.25) is 0 Å². The molecule has 0 bridgehead atoms. The Bertz CT molecular complexity index is 831. The number of aromatic nitrogens is 1. The molecule has 0 aliphatic rings. The molecule has 0 aliphatic heterocycles. The van der Waals surface area contributed by atoms with E-state index < -0.39 is 0 Å². The molecule has 0 unspecified atom stereocenters. The summed E-state index contributed by atoms with van der Waals surface area (Å²) in [6, 6.07) is 15.6. The molecular formula is C18H14INO2. The predicted molar refractivity (Wildman–Crippen MR) is 95.9 cm³/mol. The first-order valence-corrected chi connectivity index (χ1v) is 8.09. The van der Waals surface area contributed by atoms with E-state index in [1.807, 2.05) is 36.5 Å². The Balaban J connectivity index is 2.24. The monoisotopic (exact) mass is 403 g/mol. The smallest absolute Gasteiger partial charge is 0.338 e. The zero-order valence-corrected chi connectivity index (χ0v) is 14.2. The van der Waals surface area contributed by atoms with Crippen molar-refractivity contribution in [3.05, 3.63) is 63.9 Å². The first-order chi connectivity index (χ1) is 10.7. The van der Waals surface area contributed by atoms with E-state index in [1.165, 1.54) is 0 Å². The standard InChI is InChI=1S/C18H14INO2/c1-2-22-18(21)13-8-9-16-14(10-13)17(15(19)11-20-16)12-6-4-3-5-7-12/h3-11H,2H2,1H3. The van der Waals surface area contributed by atoms with Gasteiger partial charge in [-0.2, -0.15) is 0 Å². The van der Waals surface area contributed by atoms with Crippen LogP contribution in [-0.4, -0.2) is 17.6 Å². The van der Waals surface area contributed by atoms with Gasteiger partial charge in [-0.25, -0.2) is 4.79 Å². The molecule has 1 aromatic heterocycles. The highest BCUT2D eigenvalue weighted by Crippen LogP contribution is 2.32. The van der Waals surface area contributed by atoms with Crippen molar-refractivity contribution in [1.82, 2.24) is 4.98 Å². The van der Waals surface area contributed by atoms with Gasteiger partial charge in [0.15, 0.2) is 0 Å². The Morgan fingerprint density at radius 2 is 1.95 bits per heavy atom. The number of carbonyl (C=O) groups excluding carboxylic acids is 1. The van der Waals surface area contributed by atoms with E-state index in [4.69, 9.17) is 4.74 Å². The fourth-order valence-electron chi connectivity index (χ4n) is 2.41. The lowest BCUT2D eigenvalue weighted by Crippen LogP contribution is -2.04. The van der Waals surface area contributed by atoms with Gasteiger partial charge in [0.1, 0.15) is 0 Å². The second-order valence-corrected chi connectivity index (χ2v) is 5.96. The number of carbonyl (C=O) groups is 1. The molecule has 0 N–H and O–H groups in total. The van der Waals surface area contributed by atoms with Crippen molar-refractivity contribution < 1.29 is 9.53 Å². The lowest BCUT2D eigenvalue weighted by Gasteiger charge is -2.10. The van der Waals surface area contributed by atoms with Crippen LogP contribution in [0.5, 0.6) is 0 Å². The van der Waals surface area contributed by atoms with Crippen LogP contribution in [0.3, 0.4) is 0 Å². The highest BCUT2D eigenvalue weighted by Gasteiger charge is 2.13. The molecule has 4 heteroatoms. The zero-order valence-electron chi connectivity index (χ0n) is 12.0. The molecule has 0 radical (unpaired) electrons. The summed E-state index contributed by atoms with van der Waals surface area (Å²) in [7, 11) is 0. The normalized spacial score (nSPS) is 10.6. The van der Waals surface area contributed by atoms with Crippen molar-refractivity contribution in [3.8, 4) is 11.1 Å².